The molecule has 0 aliphatic rings. The summed E-state index contributed by atoms with van der Waals surface area (Å²) in [5, 5.41) is 13.4. The zero-order chi connectivity index (χ0) is 14.7. The first-order chi connectivity index (χ1) is 9.47. The van der Waals surface area contributed by atoms with Gasteiger partial charge < -0.3 is 10.4 Å². The molecule has 0 fully saturated rings. The Morgan fingerprint density at radius 2 is 1.95 bits per heavy atom. The molecule has 2 rings (SSSR count). The average molecular weight is 331 g/mol. The summed E-state index contributed by atoms with van der Waals surface area (Å²) in [6, 6.07) is 4.86. The van der Waals surface area contributed by atoms with E-state index in [9.17, 15) is 14.7 Å². The van der Waals surface area contributed by atoms with Gasteiger partial charge in [-0.2, -0.15) is 0 Å². The fraction of sp³-hybridized carbons (Fsp3) is 0.0833. The summed E-state index contributed by atoms with van der Waals surface area (Å²) in [6.45, 7) is 0. The predicted molar refractivity (Wildman–Crippen MR) is 76.4 cm³/mol. The molecule has 1 amide bonds. The van der Waals surface area contributed by atoms with Crippen molar-refractivity contribution in [3.05, 3.63) is 50.4 Å². The molecule has 0 bridgehead atoms. The number of halogens is 2. The van der Waals surface area contributed by atoms with Crippen LogP contribution in [-0.2, 0) is 4.79 Å². The second-order valence-corrected chi connectivity index (χ2v) is 5.52. The zero-order valence-corrected chi connectivity index (χ0v) is 12.2. The minimum absolute atomic E-state index is 0.0608. The lowest BCUT2D eigenvalue weighted by molar-refractivity contribution is -0.139. The van der Waals surface area contributed by atoms with Gasteiger partial charge in [0.1, 0.15) is 10.3 Å². The maximum absolute atomic E-state index is 12.0. The van der Waals surface area contributed by atoms with E-state index in [-0.39, 0.29) is 15.9 Å². The van der Waals surface area contributed by atoms with Crippen molar-refractivity contribution < 1.29 is 14.7 Å². The number of aliphatic carboxylic acids is 1. The molecule has 2 heterocycles. The number of nitrogens with one attached hydrogen (secondary N) is 1. The Morgan fingerprint density at radius 1 is 1.30 bits per heavy atom. The molecule has 0 spiro atoms. The van der Waals surface area contributed by atoms with Crippen molar-refractivity contribution >= 4 is 46.4 Å². The average Bonchev–Trinajstić information content (AvgIpc) is 2.87. The Labute approximate surface area is 128 Å². The van der Waals surface area contributed by atoms with Gasteiger partial charge in [-0.3, -0.25) is 4.79 Å². The smallest absolute Gasteiger partial charge is 0.331 e. The number of amides is 1. The van der Waals surface area contributed by atoms with Gasteiger partial charge in [0.05, 0.1) is 0 Å². The molecule has 0 aromatic carbocycles. The molecular formula is C12H8Cl2N2O3S. The first-order valence-corrected chi connectivity index (χ1v) is 7.01. The summed E-state index contributed by atoms with van der Waals surface area (Å²) in [4.78, 5) is 27.5. The minimum atomic E-state index is -1.15. The molecule has 2 aromatic heterocycles. The lowest BCUT2D eigenvalue weighted by Gasteiger charge is -2.13. The summed E-state index contributed by atoms with van der Waals surface area (Å²) in [5.74, 6) is -1.73. The molecule has 8 heteroatoms. The third-order valence-corrected chi connectivity index (χ3v) is 3.70. The van der Waals surface area contributed by atoms with Crippen molar-refractivity contribution in [2.75, 3.05) is 0 Å². The van der Waals surface area contributed by atoms with Crippen molar-refractivity contribution in [1.29, 1.82) is 0 Å². The number of hydrogen-bond acceptors (Lipinski definition) is 4. The topological polar surface area (TPSA) is 79.3 Å². The van der Waals surface area contributed by atoms with Gasteiger partial charge in [0.2, 0.25) is 0 Å². The first kappa shape index (κ1) is 14.8. The van der Waals surface area contributed by atoms with E-state index in [0.29, 0.717) is 4.88 Å². The number of carbonyl (C=O) groups is 2. The van der Waals surface area contributed by atoms with E-state index in [0.717, 1.165) is 0 Å². The molecule has 2 N–H and O–H groups in total. The van der Waals surface area contributed by atoms with Gasteiger partial charge >= 0.3 is 5.97 Å². The zero-order valence-electron chi connectivity index (χ0n) is 9.84. The second-order valence-electron chi connectivity index (χ2n) is 3.76. The van der Waals surface area contributed by atoms with Crippen LogP contribution in [-0.4, -0.2) is 22.0 Å². The molecule has 2 aromatic rings. The summed E-state index contributed by atoms with van der Waals surface area (Å²) in [7, 11) is 0. The number of nitrogens with zero attached hydrogens (tertiary/aromatic N) is 1. The molecule has 5 nitrogen and oxygen atoms in total. The molecule has 0 saturated carbocycles. The number of thiophene rings is 1. The fourth-order valence-electron chi connectivity index (χ4n) is 1.52. The summed E-state index contributed by atoms with van der Waals surface area (Å²) in [6.07, 6.45) is 0. The lowest BCUT2D eigenvalue weighted by Crippen LogP contribution is -2.33. The van der Waals surface area contributed by atoms with Gasteiger partial charge in [-0.05, 0) is 23.6 Å². The highest BCUT2D eigenvalue weighted by molar-refractivity contribution is 7.10. The van der Waals surface area contributed by atoms with Gasteiger partial charge in [0.25, 0.3) is 5.91 Å². The van der Waals surface area contributed by atoms with Crippen LogP contribution in [0.15, 0.2) is 29.6 Å². The lowest BCUT2D eigenvalue weighted by atomic mass is 10.2. The maximum atomic E-state index is 12.0. The Hall–Kier alpha value is -1.63. The Morgan fingerprint density at radius 3 is 2.45 bits per heavy atom. The number of carbonyl (C=O) groups excluding carboxylic acids is 1. The maximum Gasteiger partial charge on any atom is 0.331 e. The fourth-order valence-corrected chi connectivity index (χ4v) is 2.75. The van der Waals surface area contributed by atoms with Crippen LogP contribution < -0.4 is 5.32 Å². The van der Waals surface area contributed by atoms with Gasteiger partial charge in [0, 0.05) is 10.4 Å². The van der Waals surface area contributed by atoms with Crippen LogP contribution in [0.4, 0.5) is 0 Å². The van der Waals surface area contributed by atoms with Crippen molar-refractivity contribution in [2.45, 2.75) is 6.04 Å². The van der Waals surface area contributed by atoms with E-state index >= 15 is 0 Å². The van der Waals surface area contributed by atoms with Crippen LogP contribution in [0.5, 0.6) is 0 Å². The molecule has 20 heavy (non-hydrogen) atoms. The van der Waals surface area contributed by atoms with E-state index in [2.05, 4.69) is 10.3 Å². The normalized spacial score (nSPS) is 11.9. The number of carboxylic acids is 1. The molecule has 1 unspecified atom stereocenters. The van der Waals surface area contributed by atoms with Crippen LogP contribution in [0, 0.1) is 0 Å². The van der Waals surface area contributed by atoms with E-state index in [1.54, 1.807) is 17.5 Å². The summed E-state index contributed by atoms with van der Waals surface area (Å²) < 4.78 is 0. The van der Waals surface area contributed by atoms with E-state index in [1.807, 2.05) is 0 Å². The Bertz CT molecular complexity index is 626. The summed E-state index contributed by atoms with van der Waals surface area (Å²) in [5.41, 5.74) is 0.151. The Kier molecular flexibility index (Phi) is 4.59. The van der Waals surface area contributed by atoms with Gasteiger partial charge in [0.15, 0.2) is 6.04 Å². The largest absolute Gasteiger partial charge is 0.479 e. The van der Waals surface area contributed by atoms with E-state index < -0.39 is 17.9 Å². The molecule has 0 radical (unpaired) electrons. The molecule has 1 atom stereocenters. The molecule has 0 aliphatic carbocycles. The van der Waals surface area contributed by atoms with Crippen molar-refractivity contribution in [3.8, 4) is 0 Å². The Balaban J connectivity index is 2.23. The third-order valence-electron chi connectivity index (χ3n) is 2.38. The van der Waals surface area contributed by atoms with Crippen LogP contribution >= 0.6 is 34.5 Å². The van der Waals surface area contributed by atoms with Crippen LogP contribution in [0.1, 0.15) is 21.3 Å². The van der Waals surface area contributed by atoms with Crippen LogP contribution in [0.25, 0.3) is 0 Å². The second kappa shape index (κ2) is 6.21. The molecule has 104 valence electrons. The number of pyridine rings is 1. The third kappa shape index (κ3) is 3.47. The number of rotatable bonds is 4. The standard InChI is InChI=1S/C12H8Cl2N2O3S/c13-8-4-6(5-9(14)15-8)11(17)16-10(12(18)19)7-2-1-3-20-7/h1-5,10H,(H,16,17)(H,18,19). The highest BCUT2D eigenvalue weighted by Gasteiger charge is 2.23. The van der Waals surface area contributed by atoms with Crippen LogP contribution in [0.2, 0.25) is 10.3 Å². The van der Waals surface area contributed by atoms with Crippen molar-refractivity contribution in [3.63, 3.8) is 0 Å². The SMILES string of the molecule is O=C(NC(C(=O)O)c1cccs1)c1cc(Cl)nc(Cl)c1. The highest BCUT2D eigenvalue weighted by atomic mass is 35.5. The van der Waals surface area contributed by atoms with Gasteiger partial charge in [-0.1, -0.05) is 29.3 Å². The molecule has 0 saturated heterocycles. The van der Waals surface area contributed by atoms with E-state index in [4.69, 9.17) is 23.2 Å². The summed E-state index contributed by atoms with van der Waals surface area (Å²) >= 11 is 12.6. The predicted octanol–water partition coefficient (Wildman–Crippen LogP) is 3.01. The molecule has 0 aliphatic heterocycles. The van der Waals surface area contributed by atoms with Gasteiger partial charge in [-0.15, -0.1) is 11.3 Å². The number of hydrogen-bond donors (Lipinski definition) is 2. The van der Waals surface area contributed by atoms with Crippen molar-refractivity contribution in [1.82, 2.24) is 10.3 Å². The number of aromatic nitrogens is 1. The monoisotopic (exact) mass is 330 g/mol. The van der Waals surface area contributed by atoms with Crippen molar-refractivity contribution in [2.24, 2.45) is 0 Å². The quantitative estimate of drug-likeness (QED) is 0.844. The van der Waals surface area contributed by atoms with Crippen LogP contribution in [0.3, 0.4) is 0 Å². The van der Waals surface area contributed by atoms with Gasteiger partial charge in [-0.25, -0.2) is 9.78 Å². The van der Waals surface area contributed by atoms with E-state index in [1.165, 1.54) is 23.5 Å². The highest BCUT2D eigenvalue weighted by Crippen LogP contribution is 2.21. The number of carboxylic acid groups (broad SMARTS) is 1. The molecular weight excluding hydrogens is 323 g/mol. The first-order valence-electron chi connectivity index (χ1n) is 5.37. The minimum Gasteiger partial charge on any atom is -0.479 e.